The van der Waals surface area contributed by atoms with Crippen LogP contribution in [-0.2, 0) is 51.9 Å². The first-order valence-electron chi connectivity index (χ1n) is 31.6. The minimum absolute atomic E-state index is 0.0129. The molecule has 0 aliphatic heterocycles. The fraction of sp³-hybridized carbons (Fsp3) is 0.120. The van der Waals surface area contributed by atoms with E-state index in [1.165, 1.54) is 97.0 Å². The highest BCUT2D eigenvalue weighted by molar-refractivity contribution is 8.31. The molecule has 0 saturated heterocycles. The second kappa shape index (κ2) is 39.0. The van der Waals surface area contributed by atoms with Gasteiger partial charge in [0.05, 0.1) is 49.1 Å². The van der Waals surface area contributed by atoms with Gasteiger partial charge in [0.2, 0.25) is 0 Å². The van der Waals surface area contributed by atoms with Crippen LogP contribution >= 0.6 is 125 Å². The molecule has 0 radical (unpaired) electrons. The first-order valence-corrected chi connectivity index (χ1v) is 43.7. The van der Waals surface area contributed by atoms with Gasteiger partial charge < -0.3 is 30.1 Å². The van der Waals surface area contributed by atoms with Gasteiger partial charge in [-0.15, -0.1) is 46.2 Å². The van der Waals surface area contributed by atoms with Crippen LogP contribution in [0.2, 0.25) is 20.6 Å². The third kappa shape index (κ3) is 23.7. The zero-order valence-electron chi connectivity index (χ0n) is 57.4. The van der Waals surface area contributed by atoms with Crippen LogP contribution in [0.3, 0.4) is 0 Å². The number of anilines is 2. The van der Waals surface area contributed by atoms with Crippen molar-refractivity contribution in [1.82, 2.24) is 29.9 Å². The number of thioether (sulfide) groups is 2. The van der Waals surface area contributed by atoms with Crippen molar-refractivity contribution in [3.8, 4) is 28.7 Å². The lowest BCUT2D eigenvalue weighted by molar-refractivity contribution is 0.414. The Morgan fingerprint density at radius 1 is 0.454 bits per heavy atom. The van der Waals surface area contributed by atoms with E-state index in [2.05, 4.69) is 131 Å². The lowest BCUT2D eigenvalue weighted by atomic mass is 10.1. The number of halogens is 7. The maximum atomic E-state index is 13.6. The molecular formula is C75H63Cl7N8O11S7. The Hall–Kier alpha value is -8.16. The van der Waals surface area contributed by atoms with Crippen molar-refractivity contribution in [2.75, 3.05) is 23.8 Å². The van der Waals surface area contributed by atoms with E-state index in [9.17, 15) is 32.2 Å². The van der Waals surface area contributed by atoms with Gasteiger partial charge in [-0.3, -0.25) is 0 Å². The number of benzene rings is 8. The summed E-state index contributed by atoms with van der Waals surface area (Å²) in [6.45, 7) is 6.93. The number of methoxy groups -OCH3 is 2. The molecule has 0 atom stereocenters. The van der Waals surface area contributed by atoms with Crippen molar-refractivity contribution in [2.24, 2.45) is 0 Å². The summed E-state index contributed by atoms with van der Waals surface area (Å²) in [5.41, 5.74) is 7.96. The number of rotatable bonds is 17. The maximum Gasteiger partial charge on any atom is 0.317 e. The van der Waals surface area contributed by atoms with Crippen LogP contribution < -0.4 is 19.1 Å². The van der Waals surface area contributed by atoms with Crippen molar-refractivity contribution in [1.29, 1.82) is 0 Å². The number of hydrogen-bond donors (Lipinski definition) is 4. The molecule has 560 valence electrons. The molecule has 8 aromatic carbocycles. The Morgan fingerprint density at radius 2 is 0.870 bits per heavy atom. The zero-order chi connectivity index (χ0) is 77.9. The topological polar surface area (TPSA) is 274 Å². The molecule has 0 aliphatic carbocycles. The molecular weight excluding hydrogens is 1660 g/mol. The average Bonchev–Trinajstić information content (AvgIpc) is 1.14. The summed E-state index contributed by atoms with van der Waals surface area (Å²) in [6.07, 6.45) is 8.91. The summed E-state index contributed by atoms with van der Waals surface area (Å²) in [5, 5.41) is 44.4. The summed E-state index contributed by atoms with van der Waals surface area (Å²) in [4.78, 5) is 26.4. The van der Waals surface area contributed by atoms with Crippen LogP contribution in [0.25, 0.3) is 43.1 Å². The fourth-order valence-electron chi connectivity index (χ4n) is 10.1. The molecule has 0 spiro atoms. The number of thiazole rings is 2. The average molecular weight is 1730 g/mol. The standard InChI is InChI=1S/C21H18ClN3O4S2.C17H14ClNS.C16H12ClNOS.C12H14N2OS.C9H5Cl2NO3S.Cl2O2S/c1-13-9-15(29-2)4-3-14(13)12-25(21-23-7-8-30-21)31(27,28)16-5-6-17-18(10-16)19(26)11-24-20(17)22;1-12-10-19-17(18)15-8-7-14(9-16(12)15)20-11-13-5-3-2-4-6-13;17-16-13-7-6-12(8-14(13)15(19)9-18-16)20-10-11-4-2-1-3-5-11;1-9-7-11(15-2)4-3-10(9)8-14-12-13-5-6-16-12;10-9-6-2-1-5(16(11,14)15)3-7(6)8(13)4-12-9;1-5(2,3)4/h3-11,26H,12H2,1-2H3;2-10H,11H2,1H3;1-9,19H,10H2;3-7H,8H2,1-2H3,(H,13,14);1-4,13H;. The quantitative estimate of drug-likeness (QED) is 0.0375. The highest BCUT2D eigenvalue weighted by atomic mass is 36.0. The normalized spacial score (nSPS) is 11.1. The first kappa shape index (κ1) is 83.9. The van der Waals surface area contributed by atoms with Gasteiger partial charge in [0, 0.05) is 127 Å². The summed E-state index contributed by atoms with van der Waals surface area (Å²) in [7, 11) is 5.44. The number of ether oxygens (including phenoxy) is 2. The van der Waals surface area contributed by atoms with Gasteiger partial charge in [-0.25, -0.2) is 51.0 Å². The summed E-state index contributed by atoms with van der Waals surface area (Å²) >= 11 is 30.4. The minimum Gasteiger partial charge on any atom is -0.506 e. The van der Waals surface area contributed by atoms with E-state index in [1.807, 2.05) is 97.0 Å². The van der Waals surface area contributed by atoms with Crippen LogP contribution in [0.15, 0.2) is 237 Å². The fourth-order valence-corrected chi connectivity index (χ4v) is 16.4. The van der Waals surface area contributed by atoms with Gasteiger partial charge in [-0.05, 0) is 150 Å². The Morgan fingerprint density at radius 3 is 1.31 bits per heavy atom. The van der Waals surface area contributed by atoms with E-state index in [4.69, 9.17) is 75.0 Å². The second-order valence-electron chi connectivity index (χ2n) is 22.8. The molecule has 0 unspecified atom stereocenters. The molecule has 33 heteroatoms. The van der Waals surface area contributed by atoms with Gasteiger partial charge in [-0.1, -0.05) is 131 Å². The van der Waals surface area contributed by atoms with Crippen LogP contribution in [-0.4, -0.2) is 84.7 Å². The van der Waals surface area contributed by atoms with Crippen molar-refractivity contribution >= 4 is 205 Å². The van der Waals surface area contributed by atoms with Crippen LogP contribution in [0.4, 0.5) is 10.3 Å². The van der Waals surface area contributed by atoms with E-state index in [0.717, 1.165) is 72.9 Å². The molecule has 6 aromatic heterocycles. The van der Waals surface area contributed by atoms with Crippen LogP contribution in [0.5, 0.6) is 28.7 Å². The molecule has 19 nitrogen and oxygen atoms in total. The molecule has 0 saturated carbocycles. The molecule has 0 bridgehead atoms. The number of pyridine rings is 4. The van der Waals surface area contributed by atoms with Crippen LogP contribution in [0.1, 0.15) is 38.9 Å². The number of hydrogen-bond acceptors (Lipinski definition) is 22. The smallest absolute Gasteiger partial charge is 0.317 e. The monoisotopic (exact) mass is 1720 g/mol. The predicted molar refractivity (Wildman–Crippen MR) is 443 cm³/mol. The Bertz CT molecular complexity index is 5660. The number of aromatic nitrogens is 6. The molecule has 14 rings (SSSR count). The number of nitrogens with zero attached hydrogens (tertiary/aromatic N) is 7. The second-order valence-corrected chi connectivity index (χ2v) is 36.2. The number of sulfonamides is 1. The highest BCUT2D eigenvalue weighted by Crippen LogP contribution is 2.38. The Balaban J connectivity index is 0.000000157. The Kier molecular flexibility index (Phi) is 30.3. The summed E-state index contributed by atoms with van der Waals surface area (Å²) in [5.74, 6) is 3.32. The van der Waals surface area contributed by atoms with Crippen LogP contribution in [0, 0.1) is 20.8 Å². The van der Waals surface area contributed by atoms with Gasteiger partial charge in [0.15, 0.2) is 10.3 Å². The zero-order valence-corrected chi connectivity index (χ0v) is 68.4. The van der Waals surface area contributed by atoms with Crippen molar-refractivity contribution in [3.63, 3.8) is 0 Å². The van der Waals surface area contributed by atoms with E-state index in [0.29, 0.717) is 42.7 Å². The summed E-state index contributed by atoms with van der Waals surface area (Å²) < 4.78 is 79.5. The molecule has 4 N–H and O–H groups in total. The van der Waals surface area contributed by atoms with Gasteiger partial charge >= 0.3 is 8.26 Å². The number of nitrogens with one attached hydrogen (secondary N) is 1. The summed E-state index contributed by atoms with van der Waals surface area (Å²) in [6, 6.07) is 53.0. The number of fused-ring (bicyclic) bond motifs is 4. The SMILES string of the molecule is COc1ccc(CN(c2nccs2)S(=O)(=O)c2ccc3c(Cl)ncc(O)c3c2)c(C)c1.COc1ccc(CNc2nccs2)c(C)c1.Cc1cnc(Cl)c2ccc(SCc3ccccc3)cc12.O=S(=O)(Cl)Cl.O=S(=O)(Cl)c1ccc2c(Cl)ncc(O)c2c1.Oc1cnc(Cl)c2ccc(SCc3ccccc3)cc12. The minimum atomic E-state index is -4.00. The van der Waals surface area contributed by atoms with Crippen molar-refractivity contribution in [2.45, 2.75) is 64.9 Å². The van der Waals surface area contributed by atoms with Gasteiger partial charge in [-0.2, -0.15) is 8.42 Å². The van der Waals surface area contributed by atoms with E-state index in [-0.39, 0.29) is 43.9 Å². The molecule has 0 fully saturated rings. The largest absolute Gasteiger partial charge is 0.506 e. The highest BCUT2D eigenvalue weighted by Gasteiger charge is 2.29. The third-order valence-corrected chi connectivity index (χ3v) is 23.7. The van der Waals surface area contributed by atoms with Crippen molar-refractivity contribution < 1.29 is 50.0 Å². The lowest BCUT2D eigenvalue weighted by Gasteiger charge is -2.23. The maximum absolute atomic E-state index is 13.6. The molecule has 0 aliphatic rings. The molecule has 14 aromatic rings. The molecule has 0 amide bonds. The number of aromatic hydroxyl groups is 3. The Labute approximate surface area is 673 Å². The lowest BCUT2D eigenvalue weighted by Crippen LogP contribution is -2.30. The van der Waals surface area contributed by atoms with Gasteiger partial charge in [0.25, 0.3) is 19.1 Å². The first-order chi connectivity index (χ1) is 51.5. The predicted octanol–water partition coefficient (Wildman–Crippen LogP) is 21.4. The number of aryl methyl sites for hydroxylation is 3. The molecule has 108 heavy (non-hydrogen) atoms. The van der Waals surface area contributed by atoms with E-state index in [1.54, 1.807) is 61.2 Å². The third-order valence-electron chi connectivity index (χ3n) is 15.7. The van der Waals surface area contributed by atoms with Gasteiger partial charge in [0.1, 0.15) is 49.4 Å². The van der Waals surface area contributed by atoms with Crippen molar-refractivity contribution in [3.05, 3.63) is 277 Å². The van der Waals surface area contributed by atoms with E-state index >= 15 is 0 Å². The molecule has 6 heterocycles. The van der Waals surface area contributed by atoms with E-state index < -0.39 is 27.3 Å².